The van der Waals surface area contributed by atoms with Crippen LogP contribution < -0.4 is 14.4 Å². The zero-order valence-corrected chi connectivity index (χ0v) is 16.3. The Hall–Kier alpha value is -3.40. The highest BCUT2D eigenvalue weighted by Crippen LogP contribution is 2.34. The largest absolute Gasteiger partial charge is 0.476 e. The number of anilines is 1. The van der Waals surface area contributed by atoms with Crippen molar-refractivity contribution in [1.82, 2.24) is 15.5 Å². The number of hydrogen-bond donors (Lipinski definition) is 1. The molecule has 0 saturated heterocycles. The van der Waals surface area contributed by atoms with Gasteiger partial charge in [0.25, 0.3) is 5.91 Å². The SMILES string of the molecule is CS(=O)(=O)N1C[C@@H](C(=O)NCc2nc(-c3ccccc3)no2)Oc2ccccc21. The Morgan fingerprint density at radius 3 is 2.66 bits per heavy atom. The summed E-state index contributed by atoms with van der Waals surface area (Å²) in [6, 6.07) is 16.0. The van der Waals surface area contributed by atoms with E-state index in [9.17, 15) is 13.2 Å². The Balaban J connectivity index is 1.45. The molecular weight excluding hydrogens is 396 g/mol. The lowest BCUT2D eigenvalue weighted by atomic mass is 10.2. The second-order valence-electron chi connectivity index (χ2n) is 6.46. The minimum atomic E-state index is -3.57. The first-order valence-electron chi connectivity index (χ1n) is 8.81. The third-order valence-corrected chi connectivity index (χ3v) is 5.49. The van der Waals surface area contributed by atoms with Crippen molar-refractivity contribution in [2.45, 2.75) is 12.6 Å². The summed E-state index contributed by atoms with van der Waals surface area (Å²) in [5.74, 6) is 0.496. The van der Waals surface area contributed by atoms with Crippen LogP contribution in [-0.2, 0) is 21.4 Å². The van der Waals surface area contributed by atoms with Gasteiger partial charge in [-0.25, -0.2) is 8.42 Å². The van der Waals surface area contributed by atoms with E-state index in [1.54, 1.807) is 24.3 Å². The number of nitrogens with one attached hydrogen (secondary N) is 1. The van der Waals surface area contributed by atoms with E-state index in [1.807, 2.05) is 30.3 Å². The lowest BCUT2D eigenvalue weighted by molar-refractivity contribution is -0.128. The molecule has 0 aliphatic carbocycles. The van der Waals surface area contributed by atoms with Crippen LogP contribution in [0.1, 0.15) is 5.89 Å². The molecule has 1 aromatic heterocycles. The molecule has 0 fully saturated rings. The van der Waals surface area contributed by atoms with Crippen molar-refractivity contribution < 1.29 is 22.5 Å². The van der Waals surface area contributed by atoms with E-state index in [1.165, 1.54) is 0 Å². The smallest absolute Gasteiger partial charge is 0.263 e. The molecule has 0 radical (unpaired) electrons. The van der Waals surface area contributed by atoms with Crippen LogP contribution in [0.15, 0.2) is 59.1 Å². The van der Waals surface area contributed by atoms with E-state index in [-0.39, 0.29) is 19.0 Å². The van der Waals surface area contributed by atoms with Gasteiger partial charge in [0.05, 0.1) is 25.0 Å². The lowest BCUT2D eigenvalue weighted by Crippen LogP contribution is -2.50. The summed E-state index contributed by atoms with van der Waals surface area (Å²) in [7, 11) is -3.57. The van der Waals surface area contributed by atoms with E-state index in [2.05, 4.69) is 15.5 Å². The van der Waals surface area contributed by atoms with Crippen LogP contribution in [0.25, 0.3) is 11.4 Å². The molecule has 1 aliphatic heterocycles. The maximum atomic E-state index is 12.6. The molecule has 3 aromatic rings. The molecule has 4 rings (SSSR count). The van der Waals surface area contributed by atoms with Gasteiger partial charge in [0.1, 0.15) is 5.75 Å². The van der Waals surface area contributed by atoms with Gasteiger partial charge in [-0.3, -0.25) is 9.10 Å². The van der Waals surface area contributed by atoms with Crippen LogP contribution in [0.3, 0.4) is 0 Å². The summed E-state index contributed by atoms with van der Waals surface area (Å²) in [5, 5.41) is 6.55. The normalized spacial score (nSPS) is 16.0. The maximum absolute atomic E-state index is 12.6. The van der Waals surface area contributed by atoms with Crippen molar-refractivity contribution in [2.75, 3.05) is 17.1 Å². The number of rotatable bonds is 5. The van der Waals surface area contributed by atoms with Gasteiger partial charge in [-0.05, 0) is 12.1 Å². The van der Waals surface area contributed by atoms with Crippen molar-refractivity contribution in [3.63, 3.8) is 0 Å². The van der Waals surface area contributed by atoms with Gasteiger partial charge in [0.2, 0.25) is 21.7 Å². The molecule has 0 saturated carbocycles. The van der Waals surface area contributed by atoms with Gasteiger partial charge in [-0.15, -0.1) is 0 Å². The molecule has 1 aliphatic rings. The minimum Gasteiger partial charge on any atom is -0.476 e. The van der Waals surface area contributed by atoms with Crippen molar-refractivity contribution in [3.8, 4) is 17.1 Å². The number of nitrogens with zero attached hydrogens (tertiary/aromatic N) is 3. The van der Waals surface area contributed by atoms with Gasteiger partial charge in [0.15, 0.2) is 6.10 Å². The first-order valence-corrected chi connectivity index (χ1v) is 10.7. The molecule has 2 aromatic carbocycles. The third-order valence-electron chi connectivity index (χ3n) is 4.34. The predicted molar refractivity (Wildman–Crippen MR) is 105 cm³/mol. The summed E-state index contributed by atoms with van der Waals surface area (Å²) in [6.45, 7) is -0.125. The van der Waals surface area contributed by atoms with Crippen LogP contribution >= 0.6 is 0 Å². The second-order valence-corrected chi connectivity index (χ2v) is 8.37. The minimum absolute atomic E-state index is 0.000944. The number of sulfonamides is 1. The van der Waals surface area contributed by atoms with Crippen LogP contribution in [0.5, 0.6) is 5.75 Å². The molecule has 0 spiro atoms. The zero-order valence-electron chi connectivity index (χ0n) is 15.5. The van der Waals surface area contributed by atoms with Crippen molar-refractivity contribution in [3.05, 3.63) is 60.5 Å². The standard InChI is InChI=1S/C19H18N4O5S/c1-29(25,26)23-12-16(27-15-10-6-5-9-14(15)23)19(24)20-11-17-21-18(22-28-17)13-7-3-2-4-8-13/h2-10,16H,11-12H2,1H3,(H,20,24)/t16-/m0/s1. The van der Waals surface area contributed by atoms with Gasteiger partial charge in [-0.1, -0.05) is 47.6 Å². The number of amides is 1. The number of carbonyl (C=O) groups is 1. The lowest BCUT2D eigenvalue weighted by Gasteiger charge is -2.33. The van der Waals surface area contributed by atoms with E-state index < -0.39 is 22.0 Å². The molecule has 29 heavy (non-hydrogen) atoms. The number of ether oxygens (including phenoxy) is 1. The van der Waals surface area contributed by atoms with E-state index in [0.717, 1.165) is 16.1 Å². The first-order chi connectivity index (χ1) is 13.9. The number of aromatic nitrogens is 2. The average Bonchev–Trinajstić information content (AvgIpc) is 3.20. The summed E-state index contributed by atoms with van der Waals surface area (Å²) >= 11 is 0. The number of carbonyl (C=O) groups excluding carboxylic acids is 1. The molecule has 10 heteroatoms. The van der Waals surface area contributed by atoms with Crippen molar-refractivity contribution >= 4 is 21.6 Å². The van der Waals surface area contributed by atoms with Crippen molar-refractivity contribution in [1.29, 1.82) is 0 Å². The fraction of sp³-hybridized carbons (Fsp3) is 0.211. The third kappa shape index (κ3) is 4.06. The number of hydrogen-bond acceptors (Lipinski definition) is 7. The fourth-order valence-corrected chi connectivity index (χ4v) is 3.87. The average molecular weight is 414 g/mol. The summed E-state index contributed by atoms with van der Waals surface area (Å²) in [4.78, 5) is 16.8. The molecule has 1 amide bonds. The van der Waals surface area contributed by atoms with E-state index in [0.29, 0.717) is 17.3 Å². The second kappa shape index (κ2) is 7.55. The number of benzene rings is 2. The highest BCUT2D eigenvalue weighted by atomic mass is 32.2. The molecule has 1 atom stereocenters. The number of para-hydroxylation sites is 2. The Bertz CT molecular complexity index is 1130. The van der Waals surface area contributed by atoms with Gasteiger partial charge in [0, 0.05) is 5.56 Å². The summed E-state index contributed by atoms with van der Waals surface area (Å²) in [5.41, 5.74) is 1.20. The Kier molecular flexibility index (Phi) is 4.93. The maximum Gasteiger partial charge on any atom is 0.263 e. The van der Waals surface area contributed by atoms with Crippen molar-refractivity contribution in [2.24, 2.45) is 0 Å². The van der Waals surface area contributed by atoms with Crippen LogP contribution in [0.4, 0.5) is 5.69 Å². The molecule has 1 N–H and O–H groups in total. The van der Waals surface area contributed by atoms with Crippen LogP contribution in [-0.4, -0.2) is 43.4 Å². The van der Waals surface area contributed by atoms with Gasteiger partial charge in [-0.2, -0.15) is 4.98 Å². The highest BCUT2D eigenvalue weighted by Gasteiger charge is 2.34. The fourth-order valence-electron chi connectivity index (χ4n) is 2.96. The molecular formula is C19H18N4O5S. The summed E-state index contributed by atoms with van der Waals surface area (Å²) < 4.78 is 36.3. The van der Waals surface area contributed by atoms with Gasteiger partial charge >= 0.3 is 0 Å². The Labute approximate surface area is 167 Å². The number of fused-ring (bicyclic) bond motifs is 1. The first kappa shape index (κ1) is 18.9. The predicted octanol–water partition coefficient (Wildman–Crippen LogP) is 1.58. The van der Waals surface area contributed by atoms with Gasteiger partial charge < -0.3 is 14.6 Å². The quantitative estimate of drug-likeness (QED) is 0.674. The molecule has 0 unspecified atom stereocenters. The molecule has 2 heterocycles. The van der Waals surface area contributed by atoms with E-state index >= 15 is 0 Å². The Morgan fingerprint density at radius 1 is 1.17 bits per heavy atom. The highest BCUT2D eigenvalue weighted by molar-refractivity contribution is 7.92. The molecule has 9 nitrogen and oxygen atoms in total. The zero-order chi connectivity index (χ0) is 20.4. The summed E-state index contributed by atoms with van der Waals surface area (Å²) in [6.07, 6.45) is 0.0873. The van der Waals surface area contributed by atoms with Crippen LogP contribution in [0, 0.1) is 0 Å². The topological polar surface area (TPSA) is 115 Å². The van der Waals surface area contributed by atoms with Crippen LogP contribution in [0.2, 0.25) is 0 Å². The molecule has 150 valence electrons. The molecule has 0 bridgehead atoms. The Morgan fingerprint density at radius 2 is 1.90 bits per heavy atom. The monoisotopic (exact) mass is 414 g/mol. The van der Waals surface area contributed by atoms with E-state index in [4.69, 9.17) is 9.26 Å².